The van der Waals surface area contributed by atoms with Gasteiger partial charge in [0.25, 0.3) is 5.56 Å². The van der Waals surface area contributed by atoms with E-state index in [1.54, 1.807) is 23.2 Å². The monoisotopic (exact) mass is 399 g/mol. The molecule has 0 saturated heterocycles. The summed E-state index contributed by atoms with van der Waals surface area (Å²) in [7, 11) is 0. The van der Waals surface area contributed by atoms with Gasteiger partial charge in [0.1, 0.15) is 6.10 Å². The summed E-state index contributed by atoms with van der Waals surface area (Å²) in [6.45, 7) is 6.47. The molecule has 4 aromatic rings. The highest BCUT2D eigenvalue weighted by atomic mass is 16.3. The van der Waals surface area contributed by atoms with Crippen LogP contribution in [0.25, 0.3) is 5.69 Å². The number of benzene rings is 2. The van der Waals surface area contributed by atoms with Crippen molar-refractivity contribution in [3.8, 4) is 5.69 Å². The molecular formula is C25H25N3O2. The van der Waals surface area contributed by atoms with E-state index in [9.17, 15) is 9.90 Å². The van der Waals surface area contributed by atoms with Crippen LogP contribution in [0.5, 0.6) is 0 Å². The zero-order valence-corrected chi connectivity index (χ0v) is 17.4. The Morgan fingerprint density at radius 2 is 1.73 bits per heavy atom. The Bertz CT molecular complexity index is 1250. The molecule has 0 aliphatic heterocycles. The molecule has 2 aromatic heterocycles. The smallest absolute Gasteiger partial charge is 0.255 e. The molecule has 1 N–H and O–H groups in total. The summed E-state index contributed by atoms with van der Waals surface area (Å²) < 4.78 is 3.56. The normalized spacial score (nSPS) is 12.1. The van der Waals surface area contributed by atoms with Crippen molar-refractivity contribution in [3.05, 3.63) is 117 Å². The van der Waals surface area contributed by atoms with E-state index in [0.29, 0.717) is 12.2 Å². The van der Waals surface area contributed by atoms with Gasteiger partial charge in [0.15, 0.2) is 0 Å². The maximum atomic E-state index is 12.8. The maximum absolute atomic E-state index is 12.8. The lowest BCUT2D eigenvalue weighted by Crippen LogP contribution is -2.20. The van der Waals surface area contributed by atoms with E-state index in [1.165, 1.54) is 0 Å². The number of nitrogens with zero attached hydrogens (tertiary/aromatic N) is 3. The second kappa shape index (κ2) is 8.13. The van der Waals surface area contributed by atoms with E-state index in [4.69, 9.17) is 0 Å². The summed E-state index contributed by atoms with van der Waals surface area (Å²) in [4.78, 5) is 17.0. The van der Waals surface area contributed by atoms with Gasteiger partial charge in [-0.2, -0.15) is 0 Å². The third kappa shape index (κ3) is 3.98. The van der Waals surface area contributed by atoms with Gasteiger partial charge in [-0.25, -0.2) is 4.98 Å². The van der Waals surface area contributed by atoms with Crippen molar-refractivity contribution in [3.63, 3.8) is 0 Å². The molecule has 2 heterocycles. The lowest BCUT2D eigenvalue weighted by molar-refractivity contribution is 0.210. The Morgan fingerprint density at radius 3 is 2.47 bits per heavy atom. The first-order valence-electron chi connectivity index (χ1n) is 9.96. The van der Waals surface area contributed by atoms with Gasteiger partial charge >= 0.3 is 0 Å². The lowest BCUT2D eigenvalue weighted by Gasteiger charge is -2.16. The largest absolute Gasteiger partial charge is 0.382 e. The van der Waals surface area contributed by atoms with Crippen LogP contribution in [0.3, 0.4) is 0 Å². The van der Waals surface area contributed by atoms with Crippen LogP contribution in [-0.2, 0) is 6.54 Å². The molecule has 30 heavy (non-hydrogen) atoms. The van der Waals surface area contributed by atoms with Crippen molar-refractivity contribution in [2.24, 2.45) is 0 Å². The van der Waals surface area contributed by atoms with Crippen molar-refractivity contribution >= 4 is 0 Å². The van der Waals surface area contributed by atoms with Gasteiger partial charge in [-0.3, -0.25) is 9.36 Å². The van der Waals surface area contributed by atoms with Crippen molar-refractivity contribution < 1.29 is 5.11 Å². The van der Waals surface area contributed by atoms with Crippen LogP contribution in [0.15, 0.2) is 78.1 Å². The zero-order valence-electron chi connectivity index (χ0n) is 17.4. The van der Waals surface area contributed by atoms with E-state index >= 15 is 0 Å². The number of aromatic nitrogens is 3. The highest BCUT2D eigenvalue weighted by Gasteiger charge is 2.16. The minimum Gasteiger partial charge on any atom is -0.382 e. The van der Waals surface area contributed by atoms with Crippen LogP contribution in [-0.4, -0.2) is 19.2 Å². The fourth-order valence-electron chi connectivity index (χ4n) is 3.71. The van der Waals surface area contributed by atoms with Crippen molar-refractivity contribution in [1.82, 2.24) is 14.1 Å². The van der Waals surface area contributed by atoms with E-state index in [-0.39, 0.29) is 5.56 Å². The van der Waals surface area contributed by atoms with Gasteiger partial charge in [-0.1, -0.05) is 42.0 Å². The number of hydrogen-bond acceptors (Lipinski definition) is 3. The molecule has 0 bridgehead atoms. The second-order valence-corrected chi connectivity index (χ2v) is 7.79. The quantitative estimate of drug-likeness (QED) is 0.550. The lowest BCUT2D eigenvalue weighted by atomic mass is 10.0. The van der Waals surface area contributed by atoms with Gasteiger partial charge in [-0.05, 0) is 55.2 Å². The van der Waals surface area contributed by atoms with Gasteiger partial charge in [-0.15, -0.1) is 0 Å². The summed E-state index contributed by atoms with van der Waals surface area (Å²) in [5.41, 5.74) is 6.39. The van der Waals surface area contributed by atoms with E-state index < -0.39 is 6.10 Å². The molecule has 0 aliphatic rings. The standard InChI is InChI=1S/C25H25N3O2/c1-17-6-4-8-20(10-17)25(30)23-13-26-16-27(23)15-21-12-24(29)28(14-19(21)3)22-9-5-7-18(2)11-22/h4-14,16,25,30H,15H2,1-3H3. The summed E-state index contributed by atoms with van der Waals surface area (Å²) in [6.07, 6.45) is 4.47. The average Bonchev–Trinajstić information content (AvgIpc) is 3.18. The number of hydrogen-bond donors (Lipinski definition) is 1. The Hall–Kier alpha value is -3.44. The van der Waals surface area contributed by atoms with Gasteiger partial charge in [0.2, 0.25) is 0 Å². The fraction of sp³-hybridized carbons (Fsp3) is 0.200. The Morgan fingerprint density at radius 1 is 1.00 bits per heavy atom. The number of rotatable bonds is 5. The molecule has 2 aromatic carbocycles. The molecule has 0 radical (unpaired) electrons. The minimum absolute atomic E-state index is 0.0814. The maximum Gasteiger partial charge on any atom is 0.255 e. The first kappa shape index (κ1) is 19.9. The molecule has 0 amide bonds. The summed E-state index contributed by atoms with van der Waals surface area (Å²) in [5, 5.41) is 10.9. The molecular weight excluding hydrogens is 374 g/mol. The molecule has 0 aliphatic carbocycles. The van der Waals surface area contributed by atoms with E-state index in [1.807, 2.05) is 80.1 Å². The Labute approximate surface area is 175 Å². The first-order valence-corrected chi connectivity index (χ1v) is 9.96. The Balaban J connectivity index is 1.66. The molecule has 1 unspecified atom stereocenters. The number of pyridine rings is 1. The molecule has 152 valence electrons. The van der Waals surface area contributed by atoms with Crippen LogP contribution in [0.1, 0.15) is 39.6 Å². The van der Waals surface area contributed by atoms with E-state index in [2.05, 4.69) is 4.98 Å². The fourth-order valence-corrected chi connectivity index (χ4v) is 3.71. The molecule has 5 nitrogen and oxygen atoms in total. The van der Waals surface area contributed by atoms with Gasteiger partial charge in [0, 0.05) is 24.5 Å². The second-order valence-electron chi connectivity index (χ2n) is 7.79. The predicted molar refractivity (Wildman–Crippen MR) is 118 cm³/mol. The van der Waals surface area contributed by atoms with Crippen molar-refractivity contribution in [2.75, 3.05) is 0 Å². The first-order chi connectivity index (χ1) is 14.4. The number of imidazole rings is 1. The highest BCUT2D eigenvalue weighted by Crippen LogP contribution is 2.23. The van der Waals surface area contributed by atoms with Gasteiger partial charge < -0.3 is 9.67 Å². The summed E-state index contributed by atoms with van der Waals surface area (Å²) in [6, 6.07) is 17.4. The third-order valence-corrected chi connectivity index (χ3v) is 5.37. The number of aliphatic hydroxyl groups excluding tert-OH is 1. The summed E-state index contributed by atoms with van der Waals surface area (Å²) in [5.74, 6) is 0. The highest BCUT2D eigenvalue weighted by molar-refractivity contribution is 5.38. The predicted octanol–water partition coefficient (Wildman–Crippen LogP) is 4.09. The van der Waals surface area contributed by atoms with Crippen LogP contribution < -0.4 is 5.56 Å². The van der Waals surface area contributed by atoms with Crippen LogP contribution in [0.4, 0.5) is 0 Å². The van der Waals surface area contributed by atoms with Crippen molar-refractivity contribution in [1.29, 1.82) is 0 Å². The van der Waals surface area contributed by atoms with Crippen LogP contribution in [0.2, 0.25) is 0 Å². The van der Waals surface area contributed by atoms with E-state index in [0.717, 1.165) is 33.5 Å². The number of aryl methyl sites for hydroxylation is 3. The number of aliphatic hydroxyl groups is 1. The minimum atomic E-state index is -0.777. The molecule has 0 spiro atoms. The van der Waals surface area contributed by atoms with Gasteiger partial charge in [0.05, 0.1) is 18.2 Å². The zero-order chi connectivity index (χ0) is 21.3. The molecule has 5 heteroatoms. The van der Waals surface area contributed by atoms with Crippen molar-refractivity contribution in [2.45, 2.75) is 33.4 Å². The summed E-state index contributed by atoms with van der Waals surface area (Å²) >= 11 is 0. The molecule has 0 saturated carbocycles. The molecule has 0 fully saturated rings. The Kier molecular flexibility index (Phi) is 5.38. The van der Waals surface area contributed by atoms with Crippen LogP contribution >= 0.6 is 0 Å². The molecule has 1 atom stereocenters. The van der Waals surface area contributed by atoms with Crippen LogP contribution in [0, 0.1) is 20.8 Å². The SMILES string of the molecule is Cc1cccc(C(O)c2cncn2Cc2cc(=O)n(-c3cccc(C)c3)cc2C)c1. The third-order valence-electron chi connectivity index (χ3n) is 5.37. The molecule has 4 rings (SSSR count). The topological polar surface area (TPSA) is 60.1 Å². The average molecular weight is 399 g/mol.